The maximum atomic E-state index is 11.1. The molecular formula is C30H54N2O4. The van der Waals surface area contributed by atoms with Gasteiger partial charge in [-0.1, -0.05) is 20.3 Å². The van der Waals surface area contributed by atoms with Gasteiger partial charge in [0.1, 0.15) is 0 Å². The molecule has 0 spiro atoms. The van der Waals surface area contributed by atoms with Crippen LogP contribution in [0.2, 0.25) is 0 Å². The number of likely N-dealkylation sites (tertiary alicyclic amines) is 1. The zero-order valence-corrected chi connectivity index (χ0v) is 23.2. The van der Waals surface area contributed by atoms with Crippen LogP contribution >= 0.6 is 0 Å². The highest BCUT2D eigenvalue weighted by Crippen LogP contribution is 2.41. The van der Waals surface area contributed by atoms with E-state index in [-0.39, 0.29) is 17.1 Å². The van der Waals surface area contributed by atoms with Crippen molar-refractivity contribution in [3.63, 3.8) is 0 Å². The molecule has 6 nitrogen and oxygen atoms in total. The first-order valence-corrected chi connectivity index (χ1v) is 15.6. The van der Waals surface area contributed by atoms with Crippen LogP contribution in [0.25, 0.3) is 0 Å². The Bertz CT molecular complexity index is 651. The third-order valence-electron chi connectivity index (χ3n) is 10.8. The molecule has 0 radical (unpaired) electrons. The molecule has 36 heavy (non-hydrogen) atoms. The molecule has 6 heteroatoms. The molecule has 0 aromatic carbocycles. The average Bonchev–Trinajstić information content (AvgIpc) is 3.36. The number of aliphatic hydroxyl groups is 1. The van der Waals surface area contributed by atoms with Gasteiger partial charge < -0.3 is 9.84 Å². The summed E-state index contributed by atoms with van der Waals surface area (Å²) < 4.78 is 6.33. The summed E-state index contributed by atoms with van der Waals surface area (Å²) in [5, 5.41) is 21.0. The molecule has 1 saturated heterocycles. The summed E-state index contributed by atoms with van der Waals surface area (Å²) in [6.07, 6.45) is 18.4. The molecule has 4 rings (SSSR count). The molecule has 0 bridgehead atoms. The highest BCUT2D eigenvalue weighted by molar-refractivity contribution is 4.88. The largest absolute Gasteiger partial charge is 0.393 e. The van der Waals surface area contributed by atoms with Crippen LogP contribution < -0.4 is 0 Å². The molecule has 208 valence electrons. The van der Waals surface area contributed by atoms with E-state index in [1.807, 2.05) is 0 Å². The van der Waals surface area contributed by atoms with Crippen molar-refractivity contribution in [3.8, 4) is 0 Å². The van der Waals surface area contributed by atoms with Gasteiger partial charge in [-0.25, -0.2) is 0 Å². The van der Waals surface area contributed by atoms with Crippen LogP contribution in [0.1, 0.15) is 117 Å². The molecule has 0 aromatic rings. The summed E-state index contributed by atoms with van der Waals surface area (Å²) in [6, 6.07) is 0.732. The van der Waals surface area contributed by atoms with Crippen molar-refractivity contribution < 1.29 is 14.8 Å². The number of aliphatic hydroxyl groups excluding tert-OH is 1. The molecule has 1 aliphatic heterocycles. The minimum Gasteiger partial charge on any atom is -0.393 e. The summed E-state index contributed by atoms with van der Waals surface area (Å²) in [5.41, 5.74) is 0. The van der Waals surface area contributed by atoms with Crippen LogP contribution in [-0.4, -0.2) is 58.9 Å². The van der Waals surface area contributed by atoms with Crippen LogP contribution in [0, 0.1) is 39.7 Å². The molecule has 4 aliphatic rings. The number of nitrogens with zero attached hydrogens (tertiary/aromatic N) is 2. The van der Waals surface area contributed by atoms with Crippen molar-refractivity contribution in [2.75, 3.05) is 19.8 Å². The summed E-state index contributed by atoms with van der Waals surface area (Å²) >= 11 is 0. The molecule has 0 amide bonds. The average molecular weight is 507 g/mol. The SMILES string of the molecule is CCC(CC(C)C1CCC(COCC2CCCN2C2CCC([N+](=O)[O-])CC2)CC1)C1CCC(O)CC1. The fourth-order valence-electron chi connectivity index (χ4n) is 8.35. The smallest absolute Gasteiger partial charge is 0.213 e. The summed E-state index contributed by atoms with van der Waals surface area (Å²) in [6.45, 7) is 7.79. The van der Waals surface area contributed by atoms with Crippen molar-refractivity contribution in [2.45, 2.75) is 141 Å². The second-order valence-corrected chi connectivity index (χ2v) is 13.0. The van der Waals surface area contributed by atoms with Gasteiger partial charge in [0.25, 0.3) is 0 Å². The predicted molar refractivity (Wildman–Crippen MR) is 145 cm³/mol. The Morgan fingerprint density at radius 2 is 1.58 bits per heavy atom. The van der Waals surface area contributed by atoms with Gasteiger partial charge in [-0.2, -0.15) is 0 Å². The van der Waals surface area contributed by atoms with Gasteiger partial charge in [0.2, 0.25) is 6.04 Å². The third kappa shape index (κ3) is 7.66. The molecule has 4 fully saturated rings. The molecular weight excluding hydrogens is 452 g/mol. The van der Waals surface area contributed by atoms with Crippen LogP contribution in [0.15, 0.2) is 0 Å². The lowest BCUT2D eigenvalue weighted by molar-refractivity contribution is -0.526. The van der Waals surface area contributed by atoms with E-state index in [1.54, 1.807) is 0 Å². The van der Waals surface area contributed by atoms with Crippen molar-refractivity contribution in [3.05, 3.63) is 10.1 Å². The molecule has 1 N–H and O–H groups in total. The first kappa shape index (κ1) is 28.3. The normalized spacial score (nSPS) is 38.0. The predicted octanol–water partition coefficient (Wildman–Crippen LogP) is 6.47. The second-order valence-electron chi connectivity index (χ2n) is 13.0. The third-order valence-corrected chi connectivity index (χ3v) is 10.8. The van der Waals surface area contributed by atoms with Crippen molar-refractivity contribution in [1.29, 1.82) is 0 Å². The van der Waals surface area contributed by atoms with E-state index in [1.165, 1.54) is 64.2 Å². The maximum absolute atomic E-state index is 11.1. The molecule has 3 saturated carbocycles. The quantitative estimate of drug-likeness (QED) is 0.257. The van der Waals surface area contributed by atoms with Gasteiger partial charge in [0.15, 0.2) is 0 Å². The highest BCUT2D eigenvalue weighted by Gasteiger charge is 2.36. The minimum atomic E-state index is -0.314. The zero-order valence-electron chi connectivity index (χ0n) is 23.2. The highest BCUT2D eigenvalue weighted by atomic mass is 16.6. The first-order valence-electron chi connectivity index (χ1n) is 15.6. The van der Waals surface area contributed by atoms with E-state index in [4.69, 9.17) is 4.74 Å². The molecule has 3 aliphatic carbocycles. The van der Waals surface area contributed by atoms with E-state index < -0.39 is 0 Å². The van der Waals surface area contributed by atoms with Crippen LogP contribution in [-0.2, 0) is 4.74 Å². The lowest BCUT2D eigenvalue weighted by Gasteiger charge is -2.37. The Kier molecular flexibility index (Phi) is 10.9. The Morgan fingerprint density at radius 3 is 2.22 bits per heavy atom. The van der Waals surface area contributed by atoms with Gasteiger partial charge in [-0.15, -0.1) is 0 Å². The van der Waals surface area contributed by atoms with Gasteiger partial charge >= 0.3 is 0 Å². The van der Waals surface area contributed by atoms with Crippen LogP contribution in [0.5, 0.6) is 0 Å². The Morgan fingerprint density at radius 1 is 0.917 bits per heavy atom. The van der Waals surface area contributed by atoms with Crippen LogP contribution in [0.3, 0.4) is 0 Å². The zero-order chi connectivity index (χ0) is 25.5. The second kappa shape index (κ2) is 13.9. The van der Waals surface area contributed by atoms with E-state index in [0.29, 0.717) is 12.1 Å². The summed E-state index contributed by atoms with van der Waals surface area (Å²) in [5.74, 6) is 4.10. The fourth-order valence-corrected chi connectivity index (χ4v) is 8.35. The summed E-state index contributed by atoms with van der Waals surface area (Å²) in [7, 11) is 0. The van der Waals surface area contributed by atoms with Crippen molar-refractivity contribution in [2.24, 2.45) is 29.6 Å². The Hall–Kier alpha value is -0.720. The lowest BCUT2D eigenvalue weighted by Crippen LogP contribution is -2.44. The van der Waals surface area contributed by atoms with Gasteiger partial charge in [0, 0.05) is 36.5 Å². The van der Waals surface area contributed by atoms with E-state index >= 15 is 0 Å². The van der Waals surface area contributed by atoms with Gasteiger partial charge in [-0.3, -0.25) is 15.0 Å². The maximum Gasteiger partial charge on any atom is 0.213 e. The fraction of sp³-hybridized carbons (Fsp3) is 1.00. The van der Waals surface area contributed by atoms with E-state index in [9.17, 15) is 15.2 Å². The van der Waals surface area contributed by atoms with Crippen molar-refractivity contribution in [1.82, 2.24) is 4.90 Å². The number of hydrogen-bond acceptors (Lipinski definition) is 5. The Balaban J connectivity index is 1.12. The Labute approximate surface area is 220 Å². The monoisotopic (exact) mass is 506 g/mol. The molecule has 3 atom stereocenters. The number of hydrogen-bond donors (Lipinski definition) is 1. The van der Waals surface area contributed by atoms with E-state index in [0.717, 1.165) is 87.9 Å². The van der Waals surface area contributed by atoms with Crippen LogP contribution in [0.4, 0.5) is 0 Å². The lowest BCUT2D eigenvalue weighted by atomic mass is 9.69. The number of nitro groups is 1. The van der Waals surface area contributed by atoms with Crippen molar-refractivity contribution >= 4 is 0 Å². The summed E-state index contributed by atoms with van der Waals surface area (Å²) in [4.78, 5) is 13.7. The van der Waals surface area contributed by atoms with Gasteiger partial charge in [-0.05, 0) is 120 Å². The molecule has 3 unspecified atom stereocenters. The van der Waals surface area contributed by atoms with E-state index in [2.05, 4.69) is 18.7 Å². The molecule has 0 aromatic heterocycles. The topological polar surface area (TPSA) is 75.8 Å². The number of rotatable bonds is 11. The minimum absolute atomic E-state index is 0.0406. The standard InChI is InChI=1S/C30H54N2O4/c1-3-24(26-10-16-30(33)17-11-26)19-22(2)25-8-6-23(7-9-25)20-36-21-29-5-4-18-31(29)27-12-14-28(15-13-27)32(34)35/h22-30,33H,3-21H2,1-2H3. The number of ether oxygens (including phenoxy) is 1. The van der Waals surface area contributed by atoms with Gasteiger partial charge in [0.05, 0.1) is 12.7 Å². The first-order chi connectivity index (χ1) is 17.4. The molecule has 1 heterocycles.